The Morgan fingerprint density at radius 1 is 1.00 bits per heavy atom. The molecule has 0 saturated heterocycles. The summed E-state index contributed by atoms with van der Waals surface area (Å²) in [5, 5.41) is 0. The Labute approximate surface area is 103 Å². The highest BCUT2D eigenvalue weighted by atomic mass is 31.2. The first-order valence-corrected chi connectivity index (χ1v) is 8.03. The smallest absolute Gasteiger partial charge is 0.328 e. The Morgan fingerprint density at radius 3 is 1.53 bits per heavy atom. The Kier molecular flexibility index (Phi) is 14.9. The third-order valence-electron chi connectivity index (χ3n) is 1.50. The van der Waals surface area contributed by atoms with Crippen LogP contribution in [0.25, 0.3) is 0 Å². The van der Waals surface area contributed by atoms with Crippen molar-refractivity contribution < 1.29 is 33.2 Å². The number of rotatable bonds is 8. The molecule has 0 aliphatic carbocycles. The summed E-state index contributed by atoms with van der Waals surface area (Å²) in [4.78, 5) is 30.8. The monoisotopic (exact) mass is 292 g/mol. The maximum absolute atomic E-state index is 11.1. The van der Waals surface area contributed by atoms with Crippen LogP contribution in [0.5, 0.6) is 0 Å². The van der Waals surface area contributed by atoms with Gasteiger partial charge in [0.2, 0.25) is 0 Å². The van der Waals surface area contributed by atoms with Crippen LogP contribution >= 0.6 is 16.4 Å². The lowest BCUT2D eigenvalue weighted by atomic mass is 10.4. The highest BCUT2D eigenvalue weighted by molar-refractivity contribution is 7.47. The predicted octanol–water partition coefficient (Wildman–Crippen LogP) is 1.91. The highest BCUT2D eigenvalue weighted by Gasteiger charge is 2.19. The zero-order chi connectivity index (χ0) is 13.7. The molecule has 9 heteroatoms. The van der Waals surface area contributed by atoms with Gasteiger partial charge in [-0.25, -0.2) is 4.57 Å². The van der Waals surface area contributed by atoms with Crippen LogP contribution in [-0.4, -0.2) is 32.8 Å². The summed E-state index contributed by atoms with van der Waals surface area (Å²) in [6.45, 7) is 4.56. The van der Waals surface area contributed by atoms with E-state index in [0.717, 1.165) is 25.7 Å². The van der Waals surface area contributed by atoms with Gasteiger partial charge in [0.15, 0.2) is 0 Å². The van der Waals surface area contributed by atoms with E-state index in [1.165, 1.54) is 0 Å². The van der Waals surface area contributed by atoms with Crippen LogP contribution < -0.4 is 0 Å². The minimum Gasteiger partial charge on any atom is -0.328 e. The maximum atomic E-state index is 11.1. The largest absolute Gasteiger partial charge is 0.472 e. The van der Waals surface area contributed by atoms with Crippen molar-refractivity contribution in [2.75, 3.05) is 13.2 Å². The second-order valence-corrected chi connectivity index (χ2v) is 5.10. The van der Waals surface area contributed by atoms with Gasteiger partial charge in [0, 0.05) is 0 Å². The van der Waals surface area contributed by atoms with E-state index in [1.54, 1.807) is 0 Å². The number of unbranched alkanes of at least 4 members (excludes halogenated alkanes) is 2. The van der Waals surface area contributed by atoms with Crippen LogP contribution in [-0.2, 0) is 13.6 Å². The van der Waals surface area contributed by atoms with Crippen LogP contribution in [0, 0.1) is 0 Å². The molecule has 0 bridgehead atoms. The summed E-state index contributed by atoms with van der Waals surface area (Å²) in [5.74, 6) is 0. The normalized spacial score (nSPS) is 11.2. The molecule has 0 aromatic carbocycles. The van der Waals surface area contributed by atoms with Gasteiger partial charge in [-0.3, -0.25) is 9.05 Å². The second-order valence-electron chi connectivity index (χ2n) is 3.11. The summed E-state index contributed by atoms with van der Waals surface area (Å²) >= 11 is 0. The van der Waals surface area contributed by atoms with Crippen LogP contribution in [0.4, 0.5) is 0 Å². The van der Waals surface area contributed by atoms with Gasteiger partial charge < -0.3 is 19.6 Å². The molecule has 0 rings (SSSR count). The lowest BCUT2D eigenvalue weighted by molar-refractivity contribution is 0.146. The van der Waals surface area contributed by atoms with Crippen LogP contribution in [0.3, 0.4) is 0 Å². The van der Waals surface area contributed by atoms with Gasteiger partial charge in [0.1, 0.15) is 0 Å². The Bertz CT molecular complexity index is 184. The number of hydrogen-bond donors (Lipinski definition) is 4. The first kappa shape index (κ1) is 19.8. The van der Waals surface area contributed by atoms with Crippen molar-refractivity contribution in [2.24, 2.45) is 0 Å². The minimum absolute atomic E-state index is 0.288. The topological polar surface area (TPSA) is 116 Å². The van der Waals surface area contributed by atoms with E-state index < -0.39 is 16.4 Å². The fourth-order valence-corrected chi connectivity index (χ4v) is 1.48. The van der Waals surface area contributed by atoms with Gasteiger partial charge in [-0.15, -0.1) is 0 Å². The Balaban J connectivity index is 0. The fourth-order valence-electron chi connectivity index (χ4n) is 0.686. The lowest BCUT2D eigenvalue weighted by Gasteiger charge is -2.10. The van der Waals surface area contributed by atoms with Crippen LogP contribution in [0.2, 0.25) is 0 Å². The Morgan fingerprint density at radius 2 is 1.29 bits per heavy atom. The zero-order valence-corrected chi connectivity index (χ0v) is 11.9. The third kappa shape index (κ3) is 22.1. The molecule has 17 heavy (non-hydrogen) atoms. The van der Waals surface area contributed by atoms with E-state index in [2.05, 4.69) is 0 Å². The third-order valence-corrected chi connectivity index (χ3v) is 2.52. The molecule has 0 heterocycles. The first-order chi connectivity index (χ1) is 7.85. The average Bonchev–Trinajstić information content (AvgIpc) is 2.17. The first-order valence-electron chi connectivity index (χ1n) is 5.34. The number of phosphoric ester groups is 1. The molecular weight excluding hydrogens is 270 g/mol. The second kappa shape index (κ2) is 12.9. The standard InChI is InChI=1S/C8H19O4P.H3O3P/c1-3-5-7-11-13(9,10)12-8-6-4-2;1-4(2)3/h3-8H2,1-2H3,(H,9,10);1-3H. The van der Waals surface area contributed by atoms with E-state index in [9.17, 15) is 4.57 Å². The summed E-state index contributed by atoms with van der Waals surface area (Å²) in [6, 6.07) is 0. The summed E-state index contributed by atoms with van der Waals surface area (Å²) in [5.41, 5.74) is 0. The van der Waals surface area contributed by atoms with Gasteiger partial charge in [-0.2, -0.15) is 0 Å². The van der Waals surface area contributed by atoms with Crippen molar-refractivity contribution in [3.8, 4) is 0 Å². The van der Waals surface area contributed by atoms with E-state index >= 15 is 0 Å². The molecule has 0 atom stereocenters. The molecular formula is C8H22O7P2. The lowest BCUT2D eigenvalue weighted by Crippen LogP contribution is -1.98. The number of phosphoric acid groups is 1. The quantitative estimate of drug-likeness (QED) is 0.399. The van der Waals surface area contributed by atoms with Gasteiger partial charge in [-0.1, -0.05) is 26.7 Å². The molecule has 0 spiro atoms. The van der Waals surface area contributed by atoms with Gasteiger partial charge in [-0.05, 0) is 12.8 Å². The van der Waals surface area contributed by atoms with E-state index in [0.29, 0.717) is 0 Å². The van der Waals surface area contributed by atoms with Crippen molar-refractivity contribution in [3.05, 3.63) is 0 Å². The zero-order valence-electron chi connectivity index (χ0n) is 10.2. The van der Waals surface area contributed by atoms with Crippen molar-refractivity contribution >= 4 is 16.4 Å². The van der Waals surface area contributed by atoms with Crippen molar-refractivity contribution in [1.29, 1.82) is 0 Å². The minimum atomic E-state index is -3.75. The van der Waals surface area contributed by atoms with Crippen molar-refractivity contribution in [2.45, 2.75) is 39.5 Å². The molecule has 106 valence electrons. The molecule has 0 fully saturated rings. The molecule has 0 unspecified atom stereocenters. The molecule has 4 N–H and O–H groups in total. The van der Waals surface area contributed by atoms with E-state index in [-0.39, 0.29) is 13.2 Å². The molecule has 0 amide bonds. The molecule has 0 aromatic rings. The maximum Gasteiger partial charge on any atom is 0.472 e. The van der Waals surface area contributed by atoms with Gasteiger partial charge in [0.05, 0.1) is 13.2 Å². The Hall–Kier alpha value is 0.420. The summed E-state index contributed by atoms with van der Waals surface area (Å²) in [7, 11) is -6.37. The fraction of sp³-hybridized carbons (Fsp3) is 1.00. The van der Waals surface area contributed by atoms with Gasteiger partial charge >= 0.3 is 16.4 Å². The molecule has 0 saturated carbocycles. The molecule has 7 nitrogen and oxygen atoms in total. The van der Waals surface area contributed by atoms with Crippen molar-refractivity contribution in [1.82, 2.24) is 0 Å². The average molecular weight is 292 g/mol. The number of hydrogen-bond acceptors (Lipinski definition) is 6. The molecule has 0 aromatic heterocycles. The van der Waals surface area contributed by atoms with Crippen LogP contribution in [0.15, 0.2) is 0 Å². The predicted molar refractivity (Wildman–Crippen MR) is 65.1 cm³/mol. The molecule has 0 aliphatic heterocycles. The molecule has 0 radical (unpaired) electrons. The van der Waals surface area contributed by atoms with Crippen molar-refractivity contribution in [3.63, 3.8) is 0 Å². The SMILES string of the molecule is CCCCOP(=O)(O)OCCCC.OP(O)O. The van der Waals surface area contributed by atoms with E-state index in [4.69, 9.17) is 28.6 Å². The highest BCUT2D eigenvalue weighted by Crippen LogP contribution is 2.43. The van der Waals surface area contributed by atoms with Gasteiger partial charge in [0.25, 0.3) is 0 Å². The van der Waals surface area contributed by atoms with E-state index in [1.807, 2.05) is 13.8 Å². The van der Waals surface area contributed by atoms with Crippen LogP contribution in [0.1, 0.15) is 39.5 Å². The summed E-state index contributed by atoms with van der Waals surface area (Å²) in [6.07, 6.45) is 3.44. The summed E-state index contributed by atoms with van der Waals surface area (Å²) < 4.78 is 20.5. The molecule has 0 aliphatic rings.